The fourth-order valence-electron chi connectivity index (χ4n) is 4.04. The van der Waals surface area contributed by atoms with Crippen molar-refractivity contribution in [2.45, 2.75) is 124 Å². The first-order valence-corrected chi connectivity index (χ1v) is 12.2. The first-order chi connectivity index (χ1) is 14.2. The lowest BCUT2D eigenvalue weighted by Gasteiger charge is -2.24. The number of esters is 1. The summed E-state index contributed by atoms with van der Waals surface area (Å²) < 4.78 is 5.42. The third-order valence-electron chi connectivity index (χ3n) is 6.05. The minimum Gasteiger partial charge on any atom is -0.507 e. The molecule has 0 bridgehead atoms. The Morgan fingerprint density at radius 3 is 2.00 bits per heavy atom. The molecule has 1 aromatic rings. The molecule has 0 aliphatic carbocycles. The summed E-state index contributed by atoms with van der Waals surface area (Å²) in [6.07, 6.45) is 13.8. The topological polar surface area (TPSA) is 46.5 Å². The van der Waals surface area contributed by atoms with Crippen LogP contribution in [-0.4, -0.2) is 17.7 Å². The van der Waals surface area contributed by atoms with Gasteiger partial charge >= 0.3 is 5.97 Å². The van der Waals surface area contributed by atoms with Crippen LogP contribution in [0.15, 0.2) is 6.07 Å². The van der Waals surface area contributed by atoms with Gasteiger partial charge in [-0.15, -0.1) is 0 Å². The van der Waals surface area contributed by atoms with Crippen molar-refractivity contribution in [2.24, 2.45) is 0 Å². The Labute approximate surface area is 185 Å². The molecular weight excluding hydrogens is 372 g/mol. The molecule has 0 unspecified atom stereocenters. The van der Waals surface area contributed by atoms with E-state index < -0.39 is 0 Å². The maximum absolute atomic E-state index is 12.1. The average Bonchev–Trinajstić information content (AvgIpc) is 2.68. The van der Waals surface area contributed by atoms with Crippen LogP contribution in [0.1, 0.15) is 121 Å². The summed E-state index contributed by atoms with van der Waals surface area (Å²) in [5.74, 6) is 0.228. The maximum Gasteiger partial charge on any atom is 0.306 e. The molecular formula is C27H46O3. The number of benzene rings is 1. The minimum absolute atomic E-state index is 0.105. The van der Waals surface area contributed by atoms with Gasteiger partial charge < -0.3 is 9.84 Å². The lowest BCUT2D eigenvalue weighted by molar-refractivity contribution is -0.143. The van der Waals surface area contributed by atoms with Crippen LogP contribution in [0.4, 0.5) is 0 Å². The molecule has 1 aromatic carbocycles. The molecule has 0 spiro atoms. The standard InChI is InChI=1S/C27H46O3/c1-7-8-9-10-11-12-13-14-15-16-19-30-25(28)18-17-23-21(2)20-24(27(4,5)6)26(29)22(23)3/h20,29H,7-19H2,1-6H3. The van der Waals surface area contributed by atoms with Crippen molar-refractivity contribution in [3.05, 3.63) is 28.3 Å². The van der Waals surface area contributed by atoms with E-state index in [9.17, 15) is 9.90 Å². The van der Waals surface area contributed by atoms with Crippen LogP contribution in [0.5, 0.6) is 5.75 Å². The lowest BCUT2D eigenvalue weighted by atomic mass is 9.82. The molecule has 1 N–H and O–H groups in total. The van der Waals surface area contributed by atoms with Gasteiger partial charge in [0.1, 0.15) is 5.75 Å². The third-order valence-corrected chi connectivity index (χ3v) is 6.05. The van der Waals surface area contributed by atoms with Crippen LogP contribution in [-0.2, 0) is 21.4 Å². The molecule has 0 atom stereocenters. The quantitative estimate of drug-likeness (QED) is 0.249. The highest BCUT2D eigenvalue weighted by atomic mass is 16.5. The molecule has 3 heteroatoms. The van der Waals surface area contributed by atoms with Crippen LogP contribution in [0, 0.1) is 13.8 Å². The summed E-state index contributed by atoms with van der Waals surface area (Å²) in [4.78, 5) is 12.1. The Balaban J connectivity index is 2.26. The van der Waals surface area contributed by atoms with Crippen LogP contribution < -0.4 is 0 Å². The Morgan fingerprint density at radius 2 is 1.47 bits per heavy atom. The number of carbonyl (C=O) groups excluding carboxylic acids is 1. The number of rotatable bonds is 14. The van der Waals surface area contributed by atoms with Crippen LogP contribution in [0.2, 0.25) is 0 Å². The second kappa shape index (κ2) is 13.7. The molecule has 0 saturated heterocycles. The van der Waals surface area contributed by atoms with Gasteiger partial charge in [0.2, 0.25) is 0 Å². The Kier molecular flexibility index (Phi) is 12.1. The molecule has 1 rings (SSSR count). The van der Waals surface area contributed by atoms with Crippen molar-refractivity contribution in [2.75, 3.05) is 6.61 Å². The highest BCUT2D eigenvalue weighted by molar-refractivity contribution is 5.70. The zero-order valence-electron chi connectivity index (χ0n) is 20.5. The Hall–Kier alpha value is -1.51. The van der Waals surface area contributed by atoms with E-state index in [4.69, 9.17) is 4.74 Å². The van der Waals surface area contributed by atoms with Gasteiger partial charge in [0, 0.05) is 6.42 Å². The van der Waals surface area contributed by atoms with Crippen molar-refractivity contribution in [1.82, 2.24) is 0 Å². The number of phenolic OH excluding ortho intramolecular Hbond substituents is 1. The van der Waals surface area contributed by atoms with Gasteiger partial charge in [0.25, 0.3) is 0 Å². The molecule has 3 nitrogen and oxygen atoms in total. The van der Waals surface area contributed by atoms with Gasteiger partial charge in [-0.2, -0.15) is 0 Å². The van der Waals surface area contributed by atoms with E-state index in [0.717, 1.165) is 35.1 Å². The van der Waals surface area contributed by atoms with Crippen molar-refractivity contribution < 1.29 is 14.6 Å². The van der Waals surface area contributed by atoms with E-state index in [2.05, 4.69) is 40.7 Å². The highest BCUT2D eigenvalue weighted by Gasteiger charge is 2.22. The molecule has 0 aromatic heterocycles. The SMILES string of the molecule is CCCCCCCCCCCCOC(=O)CCc1c(C)cc(C(C)(C)C)c(O)c1C. The Bertz CT molecular complexity index is 640. The number of aryl methyl sites for hydroxylation is 1. The zero-order valence-corrected chi connectivity index (χ0v) is 20.5. The highest BCUT2D eigenvalue weighted by Crippen LogP contribution is 2.36. The molecule has 0 aliphatic heterocycles. The van der Waals surface area contributed by atoms with Crippen LogP contribution in [0.3, 0.4) is 0 Å². The van der Waals surface area contributed by atoms with E-state index in [-0.39, 0.29) is 11.4 Å². The summed E-state index contributed by atoms with van der Waals surface area (Å²) in [5, 5.41) is 10.6. The van der Waals surface area contributed by atoms with Crippen molar-refractivity contribution >= 4 is 5.97 Å². The summed E-state index contributed by atoms with van der Waals surface area (Å²) in [5.41, 5.74) is 3.95. The molecule has 0 fully saturated rings. The number of ether oxygens (including phenoxy) is 1. The predicted molar refractivity (Wildman–Crippen MR) is 127 cm³/mol. The number of phenols is 1. The average molecular weight is 419 g/mol. The van der Waals surface area contributed by atoms with Crippen molar-refractivity contribution in [3.63, 3.8) is 0 Å². The van der Waals surface area contributed by atoms with Gasteiger partial charge in [-0.3, -0.25) is 4.79 Å². The molecule has 0 saturated carbocycles. The summed E-state index contributed by atoms with van der Waals surface area (Å²) in [7, 11) is 0. The van der Waals surface area contributed by atoms with Gasteiger partial charge in [-0.1, -0.05) is 91.5 Å². The smallest absolute Gasteiger partial charge is 0.306 e. The molecule has 172 valence electrons. The van der Waals surface area contributed by atoms with E-state index in [1.807, 2.05) is 6.92 Å². The third kappa shape index (κ3) is 9.53. The van der Waals surface area contributed by atoms with Gasteiger partial charge in [0.05, 0.1) is 6.61 Å². The van der Waals surface area contributed by atoms with Crippen molar-refractivity contribution in [3.8, 4) is 5.75 Å². The first kappa shape index (κ1) is 26.5. The molecule has 30 heavy (non-hydrogen) atoms. The first-order valence-electron chi connectivity index (χ1n) is 12.2. The largest absolute Gasteiger partial charge is 0.507 e. The number of hydrogen-bond acceptors (Lipinski definition) is 3. The normalized spacial score (nSPS) is 11.7. The second-order valence-electron chi connectivity index (χ2n) is 9.85. The van der Waals surface area contributed by atoms with Gasteiger partial charge in [-0.25, -0.2) is 0 Å². The van der Waals surface area contributed by atoms with Crippen LogP contribution >= 0.6 is 0 Å². The van der Waals surface area contributed by atoms with Gasteiger partial charge in [0.15, 0.2) is 0 Å². The van der Waals surface area contributed by atoms with E-state index in [1.54, 1.807) is 0 Å². The monoisotopic (exact) mass is 418 g/mol. The minimum atomic E-state index is -0.135. The van der Waals surface area contributed by atoms with E-state index >= 15 is 0 Å². The number of aromatic hydroxyl groups is 1. The van der Waals surface area contributed by atoms with E-state index in [0.29, 0.717) is 25.2 Å². The second-order valence-corrected chi connectivity index (χ2v) is 9.85. The molecule has 0 amide bonds. The molecule has 0 heterocycles. The summed E-state index contributed by atoms with van der Waals surface area (Å²) in [6.45, 7) is 13.1. The summed E-state index contributed by atoms with van der Waals surface area (Å²) >= 11 is 0. The van der Waals surface area contributed by atoms with Crippen LogP contribution in [0.25, 0.3) is 0 Å². The predicted octanol–water partition coefficient (Wildman–Crippen LogP) is 7.70. The van der Waals surface area contributed by atoms with E-state index in [1.165, 1.54) is 51.4 Å². The fraction of sp³-hybridized carbons (Fsp3) is 0.741. The number of carbonyl (C=O) groups is 1. The van der Waals surface area contributed by atoms with Gasteiger partial charge in [-0.05, 0) is 54.4 Å². The summed E-state index contributed by atoms with van der Waals surface area (Å²) in [6, 6.07) is 2.06. The maximum atomic E-state index is 12.1. The number of unbranched alkanes of at least 4 members (excludes halogenated alkanes) is 9. The Morgan fingerprint density at radius 1 is 0.933 bits per heavy atom. The molecule has 0 radical (unpaired) electrons. The molecule has 0 aliphatic rings. The lowest BCUT2D eigenvalue weighted by Crippen LogP contribution is -2.14. The fourth-order valence-corrected chi connectivity index (χ4v) is 4.04. The van der Waals surface area contributed by atoms with Crippen molar-refractivity contribution in [1.29, 1.82) is 0 Å². The zero-order chi connectivity index (χ0) is 22.6. The number of hydrogen-bond donors (Lipinski definition) is 1.